The van der Waals surface area contributed by atoms with E-state index >= 15 is 0 Å². The number of nitrogens with two attached hydrogens (primary N) is 1. The summed E-state index contributed by atoms with van der Waals surface area (Å²) in [6, 6.07) is 6.06. The van der Waals surface area contributed by atoms with Gasteiger partial charge in [0.05, 0.1) is 15.7 Å². The third kappa shape index (κ3) is 1.84. The van der Waals surface area contributed by atoms with E-state index in [-0.39, 0.29) is 11.9 Å². The first-order valence-electron chi connectivity index (χ1n) is 7.10. The van der Waals surface area contributed by atoms with Crippen LogP contribution in [0.2, 0.25) is 0 Å². The summed E-state index contributed by atoms with van der Waals surface area (Å²) >= 11 is 1.58. The molecule has 1 aromatic carbocycles. The molecule has 5 heteroatoms. The minimum atomic E-state index is 0.141. The van der Waals surface area contributed by atoms with E-state index in [0.29, 0.717) is 11.8 Å². The molecule has 1 aromatic heterocycles. The molecule has 2 heterocycles. The molecule has 0 radical (unpaired) electrons. The summed E-state index contributed by atoms with van der Waals surface area (Å²) in [5.41, 5.74) is 9.69. The van der Waals surface area contributed by atoms with Crippen LogP contribution in [0.4, 0.5) is 0 Å². The fraction of sp³-hybridized carbons (Fsp3) is 0.467. The Morgan fingerprint density at radius 3 is 3.10 bits per heavy atom. The number of amides is 1. The van der Waals surface area contributed by atoms with E-state index in [1.54, 1.807) is 11.3 Å². The van der Waals surface area contributed by atoms with Crippen LogP contribution in [0.5, 0.6) is 0 Å². The number of benzene rings is 1. The number of carbonyl (C=O) groups is 1. The fourth-order valence-electron chi connectivity index (χ4n) is 3.64. The van der Waals surface area contributed by atoms with Gasteiger partial charge in [-0.05, 0) is 42.9 Å². The molecule has 3 unspecified atom stereocenters. The quantitative estimate of drug-likeness (QED) is 0.874. The third-order valence-electron chi connectivity index (χ3n) is 4.78. The molecule has 2 aromatic rings. The Bertz CT molecular complexity index is 668. The van der Waals surface area contributed by atoms with Gasteiger partial charge in [-0.25, -0.2) is 4.98 Å². The number of rotatable bonds is 1. The highest BCUT2D eigenvalue weighted by Gasteiger charge is 2.42. The van der Waals surface area contributed by atoms with Gasteiger partial charge in [0.15, 0.2) is 0 Å². The van der Waals surface area contributed by atoms with Crippen molar-refractivity contribution >= 4 is 27.5 Å². The summed E-state index contributed by atoms with van der Waals surface area (Å²) in [6.07, 6.45) is 2.29. The second kappa shape index (κ2) is 4.53. The standard InChI is InChI=1S/C15H17N3OS/c16-12-3-1-10-6-18(7-11(10)12)15(19)9-2-4-13-14(5-9)20-8-17-13/h2,4-5,8,10-12H,1,3,6-7,16H2. The molecular formula is C15H17N3OS. The summed E-state index contributed by atoms with van der Waals surface area (Å²) in [5, 5.41) is 0. The van der Waals surface area contributed by atoms with E-state index in [1.165, 1.54) is 6.42 Å². The van der Waals surface area contributed by atoms with Crippen molar-refractivity contribution in [2.75, 3.05) is 13.1 Å². The van der Waals surface area contributed by atoms with Gasteiger partial charge in [-0.3, -0.25) is 4.79 Å². The Hall–Kier alpha value is -1.46. The topological polar surface area (TPSA) is 59.2 Å². The normalized spacial score (nSPS) is 29.1. The highest BCUT2D eigenvalue weighted by atomic mass is 32.1. The van der Waals surface area contributed by atoms with Crippen LogP contribution in [0.25, 0.3) is 10.2 Å². The molecule has 1 saturated heterocycles. The molecule has 2 N–H and O–H groups in total. The van der Waals surface area contributed by atoms with Crippen molar-refractivity contribution < 1.29 is 4.79 Å². The SMILES string of the molecule is NC1CCC2CN(C(=O)c3ccc4ncsc4c3)CC12. The maximum absolute atomic E-state index is 12.6. The lowest BCUT2D eigenvalue weighted by Crippen LogP contribution is -2.33. The summed E-state index contributed by atoms with van der Waals surface area (Å²) in [6.45, 7) is 1.70. The van der Waals surface area contributed by atoms with E-state index < -0.39 is 0 Å². The van der Waals surface area contributed by atoms with Gasteiger partial charge in [0.25, 0.3) is 5.91 Å². The predicted molar refractivity (Wildman–Crippen MR) is 79.7 cm³/mol. The highest BCUT2D eigenvalue weighted by molar-refractivity contribution is 7.16. The Kier molecular flexibility index (Phi) is 2.79. The van der Waals surface area contributed by atoms with Crippen molar-refractivity contribution in [3.63, 3.8) is 0 Å². The van der Waals surface area contributed by atoms with Crippen molar-refractivity contribution in [1.82, 2.24) is 9.88 Å². The Morgan fingerprint density at radius 1 is 1.35 bits per heavy atom. The van der Waals surface area contributed by atoms with Gasteiger partial charge in [0.1, 0.15) is 0 Å². The van der Waals surface area contributed by atoms with Crippen LogP contribution in [-0.4, -0.2) is 34.9 Å². The first-order chi connectivity index (χ1) is 9.72. The van der Waals surface area contributed by atoms with Gasteiger partial charge in [0.2, 0.25) is 0 Å². The van der Waals surface area contributed by atoms with Crippen molar-refractivity contribution in [3.05, 3.63) is 29.3 Å². The number of likely N-dealkylation sites (tertiary alicyclic amines) is 1. The van der Waals surface area contributed by atoms with Crippen molar-refractivity contribution in [1.29, 1.82) is 0 Å². The van der Waals surface area contributed by atoms with Crippen LogP contribution in [0.3, 0.4) is 0 Å². The zero-order valence-corrected chi connectivity index (χ0v) is 12.0. The molecule has 0 bridgehead atoms. The van der Waals surface area contributed by atoms with Crippen LogP contribution < -0.4 is 5.73 Å². The van der Waals surface area contributed by atoms with Crippen LogP contribution in [0, 0.1) is 11.8 Å². The molecule has 4 nitrogen and oxygen atoms in total. The number of thiazole rings is 1. The van der Waals surface area contributed by atoms with Crippen molar-refractivity contribution in [3.8, 4) is 0 Å². The molecule has 1 aliphatic carbocycles. The summed E-state index contributed by atoms with van der Waals surface area (Å²) in [5.74, 6) is 1.26. The van der Waals surface area contributed by atoms with Crippen molar-refractivity contribution in [2.45, 2.75) is 18.9 Å². The molecule has 1 aliphatic heterocycles. The molecule has 3 atom stereocenters. The fourth-order valence-corrected chi connectivity index (χ4v) is 4.36. The molecule has 20 heavy (non-hydrogen) atoms. The maximum atomic E-state index is 12.6. The van der Waals surface area contributed by atoms with Gasteiger partial charge in [-0.1, -0.05) is 0 Å². The summed E-state index contributed by atoms with van der Waals surface area (Å²) in [4.78, 5) is 18.9. The lowest BCUT2D eigenvalue weighted by atomic mass is 9.98. The largest absolute Gasteiger partial charge is 0.338 e. The minimum absolute atomic E-state index is 0.141. The van der Waals surface area contributed by atoms with E-state index in [1.807, 2.05) is 28.6 Å². The van der Waals surface area contributed by atoms with Crippen molar-refractivity contribution in [2.24, 2.45) is 17.6 Å². The zero-order valence-electron chi connectivity index (χ0n) is 11.2. The number of hydrogen-bond donors (Lipinski definition) is 1. The van der Waals surface area contributed by atoms with E-state index in [9.17, 15) is 4.79 Å². The van der Waals surface area contributed by atoms with E-state index in [2.05, 4.69) is 4.98 Å². The lowest BCUT2D eigenvalue weighted by Gasteiger charge is -2.18. The number of nitrogens with zero attached hydrogens (tertiary/aromatic N) is 2. The van der Waals surface area contributed by atoms with Gasteiger partial charge >= 0.3 is 0 Å². The molecule has 1 amide bonds. The highest BCUT2D eigenvalue weighted by Crippen LogP contribution is 2.37. The summed E-state index contributed by atoms with van der Waals surface area (Å²) in [7, 11) is 0. The molecule has 1 saturated carbocycles. The van der Waals surface area contributed by atoms with Gasteiger partial charge in [-0.15, -0.1) is 11.3 Å². The predicted octanol–water partition coefficient (Wildman–Crippen LogP) is 2.11. The Morgan fingerprint density at radius 2 is 2.25 bits per heavy atom. The second-order valence-corrected chi connectivity index (χ2v) is 6.80. The zero-order chi connectivity index (χ0) is 13.7. The van der Waals surface area contributed by atoms with Crippen LogP contribution in [0.15, 0.2) is 23.7 Å². The molecule has 2 fully saturated rings. The van der Waals surface area contributed by atoms with Crippen LogP contribution >= 0.6 is 11.3 Å². The second-order valence-electron chi connectivity index (χ2n) is 5.91. The maximum Gasteiger partial charge on any atom is 0.253 e. The first-order valence-corrected chi connectivity index (χ1v) is 7.98. The van der Waals surface area contributed by atoms with Gasteiger partial charge in [0, 0.05) is 24.7 Å². The smallest absolute Gasteiger partial charge is 0.253 e. The average molecular weight is 287 g/mol. The van der Waals surface area contributed by atoms with E-state index in [0.717, 1.165) is 35.3 Å². The number of fused-ring (bicyclic) bond motifs is 2. The average Bonchev–Trinajstić information content (AvgIpc) is 3.14. The van der Waals surface area contributed by atoms with Gasteiger partial charge < -0.3 is 10.6 Å². The minimum Gasteiger partial charge on any atom is -0.338 e. The Labute approximate surface area is 121 Å². The monoisotopic (exact) mass is 287 g/mol. The molecule has 104 valence electrons. The Balaban J connectivity index is 1.58. The van der Waals surface area contributed by atoms with Crippen LogP contribution in [-0.2, 0) is 0 Å². The van der Waals surface area contributed by atoms with Gasteiger partial charge in [-0.2, -0.15) is 0 Å². The number of aromatic nitrogens is 1. The molecular weight excluding hydrogens is 270 g/mol. The number of hydrogen-bond acceptors (Lipinski definition) is 4. The third-order valence-corrected chi connectivity index (χ3v) is 5.57. The molecule has 4 rings (SSSR count). The van der Waals surface area contributed by atoms with E-state index in [4.69, 9.17) is 5.73 Å². The molecule has 2 aliphatic rings. The number of carbonyl (C=O) groups excluding carboxylic acids is 1. The lowest BCUT2D eigenvalue weighted by molar-refractivity contribution is 0.0780. The first kappa shape index (κ1) is 12.3. The summed E-state index contributed by atoms with van der Waals surface area (Å²) < 4.78 is 1.08. The molecule has 0 spiro atoms. The van der Waals surface area contributed by atoms with Crippen LogP contribution in [0.1, 0.15) is 23.2 Å².